The van der Waals surface area contributed by atoms with Gasteiger partial charge in [0, 0.05) is 18.3 Å². The van der Waals surface area contributed by atoms with E-state index in [1.165, 1.54) is 19.1 Å². The molecule has 0 saturated heterocycles. The van der Waals surface area contributed by atoms with E-state index in [1.54, 1.807) is 42.1 Å². The number of amides is 1. The maximum atomic E-state index is 13.0. The van der Waals surface area contributed by atoms with Crippen LogP contribution in [-0.2, 0) is 11.2 Å². The standard InChI is InChI=1S/C20H23F2N3OS.C2H6/c1-15(5-4-6-17(3)23-14-26)13-19-20(27)10-12-25(24-19)18(9-11-21)8-7-16(2)22;1-2/h4-7,9-12,14,18H,1,8,13H2,2-3H3,(H,23,26);1-2H3/b5-4-,11-9+,16-7+,17-6+;. The molecule has 1 aromatic rings. The molecule has 4 nitrogen and oxygen atoms in total. The third-order valence-corrected chi connectivity index (χ3v) is 3.91. The molecule has 0 aliphatic carbocycles. The quantitative estimate of drug-likeness (QED) is 0.277. The average molecular weight is 422 g/mol. The van der Waals surface area contributed by atoms with Gasteiger partial charge >= 0.3 is 0 Å². The number of hydrogen-bond donors (Lipinski definition) is 1. The van der Waals surface area contributed by atoms with Gasteiger partial charge < -0.3 is 5.32 Å². The van der Waals surface area contributed by atoms with Crippen molar-refractivity contribution >= 4 is 18.6 Å². The Balaban J connectivity index is 0.00000379. The SMILES string of the molecule is C=C(/C=C\C=C(/C)NC=O)Cc1nn(C(/C=C/F)C/C=C(\C)F)ccc1=S.CC. The number of nitrogens with zero attached hydrogens (tertiary/aromatic N) is 2. The molecule has 0 aromatic carbocycles. The minimum atomic E-state index is -0.459. The molecule has 158 valence electrons. The molecular formula is C22H29F2N3OS. The lowest BCUT2D eigenvalue weighted by molar-refractivity contribution is -0.108. The van der Waals surface area contributed by atoms with Gasteiger partial charge in [-0.3, -0.25) is 9.48 Å². The van der Waals surface area contributed by atoms with Crippen molar-refractivity contribution in [3.05, 3.63) is 82.9 Å². The highest BCUT2D eigenvalue weighted by Crippen LogP contribution is 2.17. The zero-order valence-electron chi connectivity index (χ0n) is 17.4. The van der Waals surface area contributed by atoms with Gasteiger partial charge in [-0.2, -0.15) is 5.10 Å². The summed E-state index contributed by atoms with van der Waals surface area (Å²) in [5, 5.41) is 6.98. The maximum Gasteiger partial charge on any atom is 0.211 e. The number of aromatic nitrogens is 2. The van der Waals surface area contributed by atoms with E-state index in [0.29, 0.717) is 35.1 Å². The number of carbonyl (C=O) groups excluding carboxylic acids is 1. The Labute approximate surface area is 177 Å². The Morgan fingerprint density at radius 2 is 2.10 bits per heavy atom. The molecule has 0 aliphatic rings. The Morgan fingerprint density at radius 1 is 1.41 bits per heavy atom. The minimum absolute atomic E-state index is 0.269. The molecule has 1 rings (SSSR count). The lowest BCUT2D eigenvalue weighted by Crippen LogP contribution is -2.12. The zero-order valence-corrected chi connectivity index (χ0v) is 18.2. The van der Waals surface area contributed by atoms with E-state index in [4.69, 9.17) is 12.2 Å². The van der Waals surface area contributed by atoms with Crippen LogP contribution >= 0.6 is 12.2 Å². The molecule has 1 N–H and O–H groups in total. The van der Waals surface area contributed by atoms with Gasteiger partial charge in [0.15, 0.2) is 0 Å². The molecule has 1 unspecified atom stereocenters. The lowest BCUT2D eigenvalue weighted by Gasteiger charge is -2.15. The molecule has 1 heterocycles. The summed E-state index contributed by atoms with van der Waals surface area (Å²) in [6, 6.07) is 1.25. The van der Waals surface area contributed by atoms with Crippen LogP contribution in [0.3, 0.4) is 0 Å². The monoisotopic (exact) mass is 421 g/mol. The average Bonchev–Trinajstić information content (AvgIpc) is 2.68. The molecular weight excluding hydrogens is 392 g/mol. The second kappa shape index (κ2) is 15.3. The van der Waals surface area contributed by atoms with Crippen molar-refractivity contribution in [3.63, 3.8) is 0 Å². The van der Waals surface area contributed by atoms with Crippen LogP contribution in [0.5, 0.6) is 0 Å². The molecule has 0 bridgehead atoms. The molecule has 0 fully saturated rings. The summed E-state index contributed by atoms with van der Waals surface area (Å²) in [6.45, 7) is 11.1. The van der Waals surface area contributed by atoms with Gasteiger partial charge in [0.05, 0.1) is 28.4 Å². The Hall–Kier alpha value is -2.67. The summed E-state index contributed by atoms with van der Waals surface area (Å²) in [5.74, 6) is -0.334. The van der Waals surface area contributed by atoms with Crippen molar-refractivity contribution in [2.75, 3.05) is 0 Å². The van der Waals surface area contributed by atoms with Crippen LogP contribution in [0.15, 0.2) is 72.6 Å². The van der Waals surface area contributed by atoms with Gasteiger partial charge in [0.1, 0.15) is 0 Å². The highest BCUT2D eigenvalue weighted by molar-refractivity contribution is 7.71. The molecule has 1 aromatic heterocycles. The van der Waals surface area contributed by atoms with E-state index in [2.05, 4.69) is 17.0 Å². The van der Waals surface area contributed by atoms with Crippen molar-refractivity contribution in [3.8, 4) is 0 Å². The van der Waals surface area contributed by atoms with Crippen molar-refractivity contribution in [2.24, 2.45) is 0 Å². The number of allylic oxidation sites excluding steroid dienone is 8. The Bertz CT molecular complexity index is 835. The van der Waals surface area contributed by atoms with Crippen molar-refractivity contribution in [1.29, 1.82) is 0 Å². The number of halogens is 2. The first-order chi connectivity index (χ1) is 13.9. The van der Waals surface area contributed by atoms with Crippen LogP contribution in [0.25, 0.3) is 0 Å². The molecule has 0 aliphatic heterocycles. The molecule has 7 heteroatoms. The highest BCUT2D eigenvalue weighted by atomic mass is 32.1. The summed E-state index contributed by atoms with van der Waals surface area (Å²) in [5.41, 5.74) is 2.08. The molecule has 1 atom stereocenters. The molecule has 0 saturated carbocycles. The van der Waals surface area contributed by atoms with E-state index in [0.717, 1.165) is 5.57 Å². The summed E-state index contributed by atoms with van der Waals surface area (Å²) in [4.78, 5) is 10.3. The predicted octanol–water partition coefficient (Wildman–Crippen LogP) is 6.23. The van der Waals surface area contributed by atoms with Crippen LogP contribution < -0.4 is 5.32 Å². The van der Waals surface area contributed by atoms with Gasteiger partial charge in [-0.1, -0.05) is 50.9 Å². The van der Waals surface area contributed by atoms with Crippen molar-refractivity contribution in [2.45, 2.75) is 46.6 Å². The van der Waals surface area contributed by atoms with Crippen LogP contribution in [0.1, 0.15) is 45.9 Å². The fourth-order valence-electron chi connectivity index (χ4n) is 2.15. The Morgan fingerprint density at radius 3 is 2.69 bits per heavy atom. The maximum absolute atomic E-state index is 13.0. The first kappa shape index (κ1) is 26.3. The number of rotatable bonds is 10. The van der Waals surface area contributed by atoms with Gasteiger partial charge in [-0.05, 0) is 44.1 Å². The summed E-state index contributed by atoms with van der Waals surface area (Å²) < 4.78 is 27.8. The second-order valence-electron chi connectivity index (χ2n) is 5.83. The van der Waals surface area contributed by atoms with Crippen molar-refractivity contribution < 1.29 is 13.6 Å². The predicted molar refractivity (Wildman–Crippen MR) is 118 cm³/mol. The van der Waals surface area contributed by atoms with E-state index in [9.17, 15) is 13.6 Å². The highest BCUT2D eigenvalue weighted by Gasteiger charge is 2.09. The third-order valence-electron chi connectivity index (χ3n) is 3.53. The summed E-state index contributed by atoms with van der Waals surface area (Å²) >= 11 is 5.31. The molecule has 0 radical (unpaired) electrons. The number of hydrogen-bond acceptors (Lipinski definition) is 3. The van der Waals surface area contributed by atoms with Gasteiger partial charge in [-0.15, -0.1) is 0 Å². The fourth-order valence-corrected chi connectivity index (χ4v) is 2.33. The van der Waals surface area contributed by atoms with Crippen LogP contribution in [0.4, 0.5) is 8.78 Å². The molecule has 29 heavy (non-hydrogen) atoms. The third kappa shape index (κ3) is 11.0. The second-order valence-corrected chi connectivity index (χ2v) is 6.26. The first-order valence-corrected chi connectivity index (χ1v) is 9.68. The zero-order chi connectivity index (χ0) is 22.2. The van der Waals surface area contributed by atoms with E-state index in [-0.39, 0.29) is 12.2 Å². The van der Waals surface area contributed by atoms with Crippen LogP contribution in [0, 0.1) is 4.51 Å². The van der Waals surface area contributed by atoms with E-state index < -0.39 is 6.04 Å². The minimum Gasteiger partial charge on any atom is -0.333 e. The first-order valence-electron chi connectivity index (χ1n) is 9.27. The van der Waals surface area contributed by atoms with E-state index in [1.807, 2.05) is 13.8 Å². The molecule has 1 amide bonds. The largest absolute Gasteiger partial charge is 0.333 e. The molecule has 0 spiro atoms. The van der Waals surface area contributed by atoms with Crippen molar-refractivity contribution in [1.82, 2.24) is 15.1 Å². The lowest BCUT2D eigenvalue weighted by atomic mass is 10.1. The van der Waals surface area contributed by atoms with Crippen LogP contribution in [-0.4, -0.2) is 16.2 Å². The van der Waals surface area contributed by atoms with Crippen LogP contribution in [0.2, 0.25) is 0 Å². The normalized spacial score (nSPS) is 13.2. The summed E-state index contributed by atoms with van der Waals surface area (Å²) in [7, 11) is 0. The number of nitrogens with one attached hydrogen (secondary N) is 1. The summed E-state index contributed by atoms with van der Waals surface area (Å²) in [6.07, 6.45) is 11.3. The van der Waals surface area contributed by atoms with Gasteiger partial charge in [0.25, 0.3) is 0 Å². The van der Waals surface area contributed by atoms with Gasteiger partial charge in [-0.25, -0.2) is 8.78 Å². The number of carbonyl (C=O) groups is 1. The fraction of sp³-hybridized carbons (Fsp3) is 0.318. The van der Waals surface area contributed by atoms with E-state index >= 15 is 0 Å². The van der Waals surface area contributed by atoms with Gasteiger partial charge in [0.2, 0.25) is 6.41 Å². The topological polar surface area (TPSA) is 46.9 Å². The Kier molecular flexibility index (Phi) is 13.9. The smallest absolute Gasteiger partial charge is 0.211 e.